The van der Waals surface area contributed by atoms with Crippen LogP contribution in [0.5, 0.6) is 11.5 Å². The second-order valence-corrected chi connectivity index (χ2v) is 5.47. The van der Waals surface area contributed by atoms with Gasteiger partial charge in [-0.25, -0.2) is 9.78 Å². The lowest BCUT2D eigenvalue weighted by Crippen LogP contribution is -1.96. The lowest BCUT2D eigenvalue weighted by atomic mass is 10.2. The molecule has 0 spiro atoms. The molecule has 0 radical (unpaired) electrons. The van der Waals surface area contributed by atoms with Crippen LogP contribution in [0.25, 0.3) is 23.2 Å². The van der Waals surface area contributed by atoms with Gasteiger partial charge in [0.1, 0.15) is 17.9 Å². The number of imidazole rings is 1. The number of hydrogen-bond acceptors (Lipinski definition) is 4. The molecule has 132 valence electrons. The van der Waals surface area contributed by atoms with E-state index >= 15 is 0 Å². The molecule has 0 aliphatic carbocycles. The molecule has 6 heteroatoms. The van der Waals surface area contributed by atoms with Gasteiger partial charge in [-0.3, -0.25) is 0 Å². The molecule has 26 heavy (non-hydrogen) atoms. The maximum Gasteiger partial charge on any atom is 0.337 e. The Morgan fingerprint density at radius 2 is 2.12 bits per heavy atom. The highest BCUT2D eigenvalue weighted by atomic mass is 16.5. The molecule has 0 fully saturated rings. The van der Waals surface area contributed by atoms with E-state index in [0.717, 1.165) is 5.56 Å². The Labute approximate surface area is 150 Å². The Morgan fingerprint density at radius 1 is 1.27 bits per heavy atom. The largest absolute Gasteiger partial charge is 0.493 e. The predicted octanol–water partition coefficient (Wildman–Crippen LogP) is 4.00. The van der Waals surface area contributed by atoms with Crippen LogP contribution in [0.2, 0.25) is 0 Å². The third kappa shape index (κ3) is 3.59. The molecular weight excluding hydrogens is 332 g/mol. The summed E-state index contributed by atoms with van der Waals surface area (Å²) < 4.78 is 10.9. The SMILES string of the molecule is C=CCOc1ccc(/C=C/c2nc3c(C(=O)O)cccc3[nH]2)cc1OC. The number of para-hydroxylation sites is 1. The summed E-state index contributed by atoms with van der Waals surface area (Å²) in [7, 11) is 1.58. The number of nitrogens with one attached hydrogen (secondary N) is 1. The molecule has 0 amide bonds. The minimum Gasteiger partial charge on any atom is -0.493 e. The fraction of sp³-hybridized carbons (Fsp3) is 0.100. The lowest BCUT2D eigenvalue weighted by Gasteiger charge is -2.09. The molecule has 0 atom stereocenters. The van der Waals surface area contributed by atoms with E-state index < -0.39 is 5.97 Å². The maximum absolute atomic E-state index is 11.3. The van der Waals surface area contributed by atoms with Crippen molar-refractivity contribution < 1.29 is 19.4 Å². The number of carbonyl (C=O) groups is 1. The van der Waals surface area contributed by atoms with Gasteiger partial charge in [-0.2, -0.15) is 0 Å². The summed E-state index contributed by atoms with van der Waals surface area (Å²) in [5, 5.41) is 9.24. The molecular formula is C20H18N2O4. The molecule has 0 unspecified atom stereocenters. The van der Waals surface area contributed by atoms with E-state index in [1.54, 1.807) is 31.4 Å². The van der Waals surface area contributed by atoms with Crippen molar-refractivity contribution in [2.75, 3.05) is 13.7 Å². The first-order valence-electron chi connectivity index (χ1n) is 7.94. The first-order chi connectivity index (χ1) is 12.6. The number of H-pyrrole nitrogens is 1. The van der Waals surface area contributed by atoms with Gasteiger partial charge in [0.25, 0.3) is 0 Å². The Hall–Kier alpha value is -3.54. The summed E-state index contributed by atoms with van der Waals surface area (Å²) in [6, 6.07) is 10.6. The standard InChI is InChI=1S/C20H18N2O4/c1-3-11-26-16-9-7-13(12-17(16)25-2)8-10-18-21-15-6-4-5-14(20(23)24)19(15)22-18/h3-10,12H,1,11H2,2H3,(H,21,22)(H,23,24)/b10-8+. The van der Waals surface area contributed by atoms with E-state index in [1.807, 2.05) is 24.3 Å². The van der Waals surface area contributed by atoms with Gasteiger partial charge in [-0.1, -0.05) is 30.9 Å². The molecule has 0 aliphatic heterocycles. The van der Waals surface area contributed by atoms with Crippen LogP contribution in [0.15, 0.2) is 49.1 Å². The molecule has 0 aliphatic rings. The number of nitrogens with zero attached hydrogens (tertiary/aromatic N) is 1. The molecule has 1 aromatic heterocycles. The highest BCUT2D eigenvalue weighted by Crippen LogP contribution is 2.29. The molecule has 3 rings (SSSR count). The number of ether oxygens (including phenoxy) is 2. The summed E-state index contributed by atoms with van der Waals surface area (Å²) in [4.78, 5) is 18.7. The second kappa shape index (κ2) is 7.57. The third-order valence-electron chi connectivity index (χ3n) is 3.74. The second-order valence-electron chi connectivity index (χ2n) is 5.47. The number of benzene rings is 2. The highest BCUT2D eigenvalue weighted by molar-refractivity contribution is 6.01. The lowest BCUT2D eigenvalue weighted by molar-refractivity contribution is 0.0699. The van der Waals surface area contributed by atoms with Crippen LogP contribution in [0, 0.1) is 0 Å². The number of rotatable bonds is 7. The molecule has 3 aromatic rings. The number of methoxy groups -OCH3 is 1. The Balaban J connectivity index is 1.88. The maximum atomic E-state index is 11.3. The number of aromatic amines is 1. The third-order valence-corrected chi connectivity index (χ3v) is 3.74. The summed E-state index contributed by atoms with van der Waals surface area (Å²) in [5.74, 6) is 0.822. The zero-order valence-electron chi connectivity index (χ0n) is 14.2. The normalized spacial score (nSPS) is 11.0. The zero-order valence-corrected chi connectivity index (χ0v) is 14.2. The molecule has 1 heterocycles. The first-order valence-corrected chi connectivity index (χ1v) is 7.94. The van der Waals surface area contributed by atoms with Crippen molar-refractivity contribution >= 4 is 29.2 Å². The van der Waals surface area contributed by atoms with E-state index in [-0.39, 0.29) is 5.56 Å². The van der Waals surface area contributed by atoms with Crippen LogP contribution < -0.4 is 9.47 Å². The van der Waals surface area contributed by atoms with Gasteiger partial charge >= 0.3 is 5.97 Å². The molecule has 2 N–H and O–H groups in total. The number of carboxylic acids is 1. The fourth-order valence-corrected chi connectivity index (χ4v) is 2.53. The fourth-order valence-electron chi connectivity index (χ4n) is 2.53. The molecule has 0 bridgehead atoms. The van der Waals surface area contributed by atoms with Crippen LogP contribution in [-0.4, -0.2) is 34.8 Å². The van der Waals surface area contributed by atoms with E-state index in [4.69, 9.17) is 9.47 Å². The summed E-state index contributed by atoms with van der Waals surface area (Å²) in [6.07, 6.45) is 5.31. The average Bonchev–Trinajstić information content (AvgIpc) is 3.07. The van der Waals surface area contributed by atoms with Gasteiger partial charge in [0.2, 0.25) is 0 Å². The van der Waals surface area contributed by atoms with E-state index in [9.17, 15) is 9.90 Å². The summed E-state index contributed by atoms with van der Waals surface area (Å²) in [6.45, 7) is 4.02. The van der Waals surface area contributed by atoms with Crippen LogP contribution in [-0.2, 0) is 0 Å². The topological polar surface area (TPSA) is 84.4 Å². The van der Waals surface area contributed by atoms with Gasteiger partial charge in [0, 0.05) is 0 Å². The smallest absolute Gasteiger partial charge is 0.337 e. The number of aromatic nitrogens is 2. The van der Waals surface area contributed by atoms with Crippen LogP contribution >= 0.6 is 0 Å². The van der Waals surface area contributed by atoms with E-state index in [0.29, 0.717) is 35.0 Å². The first kappa shape index (κ1) is 17.3. The van der Waals surface area contributed by atoms with Gasteiger partial charge in [0.05, 0.1) is 18.2 Å². The monoisotopic (exact) mass is 350 g/mol. The minimum atomic E-state index is -1.00. The van der Waals surface area contributed by atoms with E-state index in [1.165, 1.54) is 6.07 Å². The molecule has 6 nitrogen and oxygen atoms in total. The minimum absolute atomic E-state index is 0.170. The van der Waals surface area contributed by atoms with Crippen molar-refractivity contribution in [2.45, 2.75) is 0 Å². The number of fused-ring (bicyclic) bond motifs is 1. The van der Waals surface area contributed by atoms with E-state index in [2.05, 4.69) is 16.5 Å². The predicted molar refractivity (Wildman–Crippen MR) is 101 cm³/mol. The Bertz CT molecular complexity index is 989. The van der Waals surface area contributed by atoms with Crippen molar-refractivity contribution in [3.8, 4) is 11.5 Å². The number of aromatic carboxylic acids is 1. The number of carboxylic acid groups (broad SMARTS) is 1. The zero-order chi connectivity index (χ0) is 18.5. The molecule has 0 saturated carbocycles. The van der Waals surface area contributed by atoms with Crippen LogP contribution in [0.4, 0.5) is 0 Å². The van der Waals surface area contributed by atoms with Crippen molar-refractivity contribution in [2.24, 2.45) is 0 Å². The molecule has 2 aromatic carbocycles. The average molecular weight is 350 g/mol. The Morgan fingerprint density at radius 3 is 2.85 bits per heavy atom. The summed E-state index contributed by atoms with van der Waals surface area (Å²) in [5.41, 5.74) is 2.18. The number of hydrogen-bond donors (Lipinski definition) is 2. The van der Waals surface area contributed by atoms with Crippen LogP contribution in [0.3, 0.4) is 0 Å². The van der Waals surface area contributed by atoms with Crippen molar-refractivity contribution in [1.82, 2.24) is 9.97 Å². The van der Waals surface area contributed by atoms with Crippen molar-refractivity contribution in [3.05, 3.63) is 66.0 Å². The summed E-state index contributed by atoms with van der Waals surface area (Å²) >= 11 is 0. The Kier molecular flexibility index (Phi) is 5.03. The van der Waals surface area contributed by atoms with Gasteiger partial charge in [-0.05, 0) is 35.9 Å². The quantitative estimate of drug-likeness (QED) is 0.629. The van der Waals surface area contributed by atoms with Crippen molar-refractivity contribution in [3.63, 3.8) is 0 Å². The van der Waals surface area contributed by atoms with Gasteiger partial charge in [0.15, 0.2) is 11.5 Å². The van der Waals surface area contributed by atoms with Crippen LogP contribution in [0.1, 0.15) is 21.7 Å². The highest BCUT2D eigenvalue weighted by Gasteiger charge is 2.11. The molecule has 0 saturated heterocycles. The van der Waals surface area contributed by atoms with Gasteiger partial charge < -0.3 is 19.6 Å². The van der Waals surface area contributed by atoms with Gasteiger partial charge in [-0.15, -0.1) is 0 Å². The van der Waals surface area contributed by atoms with Crippen molar-refractivity contribution in [1.29, 1.82) is 0 Å².